The largest absolute Gasteiger partial charge is 0.308 e. The summed E-state index contributed by atoms with van der Waals surface area (Å²) in [5.41, 5.74) is 2.97. The van der Waals surface area contributed by atoms with E-state index in [1.165, 1.54) is 43.7 Å². The molecule has 1 aliphatic heterocycles. The Morgan fingerprint density at radius 1 is 0.952 bits per heavy atom. The number of likely N-dealkylation sites (N-methyl/N-ethyl adjacent to an activating group) is 1. The Hall–Kier alpha value is -0.900. The first-order valence-electron chi connectivity index (χ1n) is 8.16. The highest BCUT2D eigenvalue weighted by molar-refractivity contribution is 5.22. The van der Waals surface area contributed by atoms with Crippen LogP contribution < -0.4 is 5.32 Å². The summed E-state index contributed by atoms with van der Waals surface area (Å²) in [6.45, 7) is 13.5. The summed E-state index contributed by atoms with van der Waals surface area (Å²) in [5.74, 6) is 0. The van der Waals surface area contributed by atoms with Crippen molar-refractivity contribution in [1.29, 1.82) is 0 Å². The van der Waals surface area contributed by atoms with Gasteiger partial charge in [0.2, 0.25) is 0 Å². The number of hydrogen-bond donors (Lipinski definition) is 1. The molecule has 0 radical (unpaired) electrons. The van der Waals surface area contributed by atoms with Gasteiger partial charge in [-0.15, -0.1) is 0 Å². The Labute approximate surface area is 130 Å². The standard InChI is InChI=1S/C18H31N3/c1-18(2,3)19-14-16-6-8-17(9-7-16)15-21-11-5-10-20(4)12-13-21/h6-9,19H,5,10-15H2,1-4H3. The van der Waals surface area contributed by atoms with E-state index >= 15 is 0 Å². The van der Waals surface area contributed by atoms with Crippen LogP contribution in [0.15, 0.2) is 24.3 Å². The van der Waals surface area contributed by atoms with E-state index in [9.17, 15) is 0 Å². The van der Waals surface area contributed by atoms with Gasteiger partial charge in [0.15, 0.2) is 0 Å². The van der Waals surface area contributed by atoms with Crippen LogP contribution in [-0.2, 0) is 13.1 Å². The van der Waals surface area contributed by atoms with Crippen molar-refractivity contribution >= 4 is 0 Å². The molecule has 0 saturated carbocycles. The fourth-order valence-corrected chi connectivity index (χ4v) is 2.65. The van der Waals surface area contributed by atoms with Crippen LogP contribution >= 0.6 is 0 Å². The van der Waals surface area contributed by atoms with Crippen LogP contribution in [0.2, 0.25) is 0 Å². The van der Waals surface area contributed by atoms with Gasteiger partial charge in [-0.3, -0.25) is 4.90 Å². The van der Waals surface area contributed by atoms with Gasteiger partial charge in [0.1, 0.15) is 0 Å². The second kappa shape index (κ2) is 7.39. The molecule has 0 amide bonds. The molecular formula is C18H31N3. The lowest BCUT2D eigenvalue weighted by Crippen LogP contribution is -2.35. The molecule has 1 saturated heterocycles. The first-order valence-corrected chi connectivity index (χ1v) is 8.16. The van der Waals surface area contributed by atoms with Crippen molar-refractivity contribution in [1.82, 2.24) is 15.1 Å². The van der Waals surface area contributed by atoms with E-state index < -0.39 is 0 Å². The fraction of sp³-hybridized carbons (Fsp3) is 0.667. The van der Waals surface area contributed by atoms with Gasteiger partial charge in [-0.25, -0.2) is 0 Å². The monoisotopic (exact) mass is 289 g/mol. The molecule has 1 aromatic rings. The minimum absolute atomic E-state index is 0.177. The molecule has 1 fully saturated rings. The van der Waals surface area contributed by atoms with Gasteiger partial charge in [-0.2, -0.15) is 0 Å². The SMILES string of the molecule is CN1CCCN(Cc2ccc(CNC(C)(C)C)cc2)CC1. The van der Waals surface area contributed by atoms with Crippen molar-refractivity contribution in [2.45, 2.75) is 45.8 Å². The predicted molar refractivity (Wildman–Crippen MR) is 90.4 cm³/mol. The van der Waals surface area contributed by atoms with Crippen molar-refractivity contribution in [3.8, 4) is 0 Å². The van der Waals surface area contributed by atoms with E-state index in [-0.39, 0.29) is 5.54 Å². The van der Waals surface area contributed by atoms with Crippen molar-refractivity contribution < 1.29 is 0 Å². The molecular weight excluding hydrogens is 258 g/mol. The molecule has 3 nitrogen and oxygen atoms in total. The average Bonchev–Trinajstić information content (AvgIpc) is 2.62. The zero-order valence-electron chi connectivity index (χ0n) is 14.2. The molecule has 0 aliphatic carbocycles. The Kier molecular flexibility index (Phi) is 5.80. The summed E-state index contributed by atoms with van der Waals surface area (Å²) in [5, 5.41) is 3.54. The zero-order chi connectivity index (χ0) is 15.3. The maximum absolute atomic E-state index is 3.54. The Balaban J connectivity index is 1.84. The summed E-state index contributed by atoms with van der Waals surface area (Å²) in [6, 6.07) is 9.10. The predicted octanol–water partition coefficient (Wildman–Crippen LogP) is 2.71. The highest BCUT2D eigenvalue weighted by Gasteiger charge is 2.12. The van der Waals surface area contributed by atoms with Crippen LogP contribution in [-0.4, -0.2) is 48.6 Å². The van der Waals surface area contributed by atoms with E-state index in [1.807, 2.05) is 0 Å². The zero-order valence-corrected chi connectivity index (χ0v) is 14.2. The summed E-state index contributed by atoms with van der Waals surface area (Å²) in [4.78, 5) is 5.01. The van der Waals surface area contributed by atoms with Gasteiger partial charge >= 0.3 is 0 Å². The maximum Gasteiger partial charge on any atom is 0.0234 e. The topological polar surface area (TPSA) is 18.5 Å². The molecule has 1 aliphatic rings. The van der Waals surface area contributed by atoms with Crippen molar-refractivity contribution in [3.63, 3.8) is 0 Å². The molecule has 1 aromatic carbocycles. The van der Waals surface area contributed by atoms with E-state index in [0.717, 1.165) is 13.1 Å². The minimum Gasteiger partial charge on any atom is -0.308 e. The second-order valence-corrected chi connectivity index (χ2v) is 7.35. The number of hydrogen-bond acceptors (Lipinski definition) is 3. The first-order chi connectivity index (χ1) is 9.92. The van der Waals surface area contributed by atoms with Crippen molar-refractivity contribution in [3.05, 3.63) is 35.4 Å². The molecule has 2 rings (SSSR count). The van der Waals surface area contributed by atoms with Crippen LogP contribution in [0.25, 0.3) is 0 Å². The lowest BCUT2D eigenvalue weighted by Gasteiger charge is -2.21. The average molecular weight is 289 g/mol. The van der Waals surface area contributed by atoms with Crippen molar-refractivity contribution in [2.24, 2.45) is 0 Å². The molecule has 21 heavy (non-hydrogen) atoms. The van der Waals surface area contributed by atoms with Gasteiger partial charge in [0.05, 0.1) is 0 Å². The van der Waals surface area contributed by atoms with E-state index in [4.69, 9.17) is 0 Å². The van der Waals surface area contributed by atoms with Crippen LogP contribution in [0.1, 0.15) is 38.3 Å². The third kappa shape index (κ3) is 6.16. The van der Waals surface area contributed by atoms with Crippen LogP contribution in [0.5, 0.6) is 0 Å². The third-order valence-corrected chi connectivity index (χ3v) is 4.06. The number of rotatable bonds is 4. The summed E-state index contributed by atoms with van der Waals surface area (Å²) in [6.07, 6.45) is 1.28. The summed E-state index contributed by atoms with van der Waals surface area (Å²) >= 11 is 0. The van der Waals surface area contributed by atoms with Crippen molar-refractivity contribution in [2.75, 3.05) is 33.2 Å². The van der Waals surface area contributed by atoms with Crippen LogP contribution in [0.4, 0.5) is 0 Å². The Morgan fingerprint density at radius 2 is 1.62 bits per heavy atom. The lowest BCUT2D eigenvalue weighted by molar-refractivity contribution is 0.269. The van der Waals surface area contributed by atoms with E-state index in [2.05, 4.69) is 67.2 Å². The maximum atomic E-state index is 3.54. The van der Waals surface area contributed by atoms with E-state index in [1.54, 1.807) is 0 Å². The first kappa shape index (κ1) is 16.5. The molecule has 0 unspecified atom stereocenters. The smallest absolute Gasteiger partial charge is 0.0234 e. The number of benzene rings is 1. The highest BCUT2D eigenvalue weighted by atomic mass is 15.2. The van der Waals surface area contributed by atoms with Crippen LogP contribution in [0.3, 0.4) is 0 Å². The van der Waals surface area contributed by atoms with E-state index in [0.29, 0.717) is 0 Å². The van der Waals surface area contributed by atoms with Gasteiger partial charge in [0.25, 0.3) is 0 Å². The molecule has 0 atom stereocenters. The molecule has 3 heteroatoms. The Morgan fingerprint density at radius 3 is 2.29 bits per heavy atom. The number of nitrogens with zero attached hydrogens (tertiary/aromatic N) is 2. The molecule has 1 heterocycles. The summed E-state index contributed by atoms with van der Waals surface area (Å²) in [7, 11) is 2.22. The molecule has 1 N–H and O–H groups in total. The quantitative estimate of drug-likeness (QED) is 0.919. The van der Waals surface area contributed by atoms with Gasteiger partial charge < -0.3 is 10.2 Å². The molecule has 0 spiro atoms. The van der Waals surface area contributed by atoms with Gasteiger partial charge in [-0.05, 0) is 58.5 Å². The fourth-order valence-electron chi connectivity index (χ4n) is 2.65. The van der Waals surface area contributed by atoms with Gasteiger partial charge in [0, 0.05) is 31.7 Å². The molecule has 118 valence electrons. The van der Waals surface area contributed by atoms with Crippen LogP contribution in [0, 0.1) is 0 Å². The minimum atomic E-state index is 0.177. The Bertz CT molecular complexity index is 419. The summed E-state index contributed by atoms with van der Waals surface area (Å²) < 4.78 is 0. The second-order valence-electron chi connectivity index (χ2n) is 7.35. The lowest BCUT2D eigenvalue weighted by atomic mass is 10.1. The highest BCUT2D eigenvalue weighted by Crippen LogP contribution is 2.11. The van der Waals surface area contributed by atoms with Gasteiger partial charge in [-0.1, -0.05) is 24.3 Å². The third-order valence-electron chi connectivity index (χ3n) is 4.06. The number of nitrogens with one attached hydrogen (secondary N) is 1. The molecule has 0 bridgehead atoms. The normalized spacial score (nSPS) is 18.7. The molecule has 0 aromatic heterocycles.